The van der Waals surface area contributed by atoms with Crippen LogP contribution in [-0.2, 0) is 4.74 Å². The number of rotatable bonds is 9. The molecule has 2 N–H and O–H groups in total. The molecule has 0 aliphatic carbocycles. The van der Waals surface area contributed by atoms with Gasteiger partial charge in [-0.15, -0.1) is 0 Å². The second-order valence-electron chi connectivity index (χ2n) is 5.47. The number of aliphatic hydroxyl groups excluding tert-OH is 1. The fourth-order valence-electron chi connectivity index (χ4n) is 1.95. The summed E-state index contributed by atoms with van der Waals surface area (Å²) in [7, 11) is 1.61. The summed E-state index contributed by atoms with van der Waals surface area (Å²) in [6, 6.07) is 0.506. The molecule has 0 bridgehead atoms. The maximum atomic E-state index is 9.58. The molecule has 0 aromatic carbocycles. The number of aliphatic hydroxyl groups is 1. The van der Waals surface area contributed by atoms with Crippen LogP contribution in [0.15, 0.2) is 0 Å². The van der Waals surface area contributed by atoms with E-state index in [1.54, 1.807) is 7.11 Å². The summed E-state index contributed by atoms with van der Waals surface area (Å²) in [5.41, 5.74) is 0. The van der Waals surface area contributed by atoms with E-state index in [0.29, 0.717) is 31.0 Å². The van der Waals surface area contributed by atoms with Crippen molar-refractivity contribution in [1.82, 2.24) is 5.32 Å². The summed E-state index contributed by atoms with van der Waals surface area (Å²) in [5, 5.41) is 13.0. The molecule has 0 heterocycles. The number of hydrogen-bond acceptors (Lipinski definition) is 3. The van der Waals surface area contributed by atoms with Gasteiger partial charge in [-0.3, -0.25) is 0 Å². The predicted molar refractivity (Wildman–Crippen MR) is 68.6 cm³/mol. The van der Waals surface area contributed by atoms with E-state index < -0.39 is 6.10 Å². The first-order chi connectivity index (χ1) is 7.45. The van der Waals surface area contributed by atoms with E-state index >= 15 is 0 Å². The third-order valence-electron chi connectivity index (χ3n) is 2.51. The first kappa shape index (κ1) is 15.9. The van der Waals surface area contributed by atoms with Gasteiger partial charge in [-0.1, -0.05) is 27.7 Å². The van der Waals surface area contributed by atoms with Crippen molar-refractivity contribution in [2.24, 2.45) is 11.8 Å². The SMILES string of the molecule is COCC(O)CNC(CC(C)C)CC(C)C. The van der Waals surface area contributed by atoms with Gasteiger partial charge in [-0.05, 0) is 24.7 Å². The Kier molecular flexibility index (Phi) is 8.90. The van der Waals surface area contributed by atoms with Gasteiger partial charge in [0.2, 0.25) is 0 Å². The van der Waals surface area contributed by atoms with Crippen molar-refractivity contribution >= 4 is 0 Å². The van der Waals surface area contributed by atoms with Crippen LogP contribution >= 0.6 is 0 Å². The highest BCUT2D eigenvalue weighted by Crippen LogP contribution is 2.13. The highest BCUT2D eigenvalue weighted by atomic mass is 16.5. The number of ether oxygens (including phenoxy) is 1. The second kappa shape index (κ2) is 8.97. The molecular weight excluding hydrogens is 202 g/mol. The fourth-order valence-corrected chi connectivity index (χ4v) is 1.95. The standard InChI is InChI=1S/C13H29NO2/c1-10(2)6-12(7-11(3)4)14-8-13(15)9-16-5/h10-15H,6-9H2,1-5H3. The molecule has 0 saturated heterocycles. The molecule has 3 heteroatoms. The van der Waals surface area contributed by atoms with Crippen molar-refractivity contribution in [3.63, 3.8) is 0 Å². The van der Waals surface area contributed by atoms with Crippen LogP contribution < -0.4 is 5.32 Å². The lowest BCUT2D eigenvalue weighted by molar-refractivity contribution is 0.0616. The van der Waals surface area contributed by atoms with Gasteiger partial charge < -0.3 is 15.2 Å². The molecule has 0 spiro atoms. The Morgan fingerprint density at radius 1 is 1.06 bits per heavy atom. The average molecular weight is 231 g/mol. The average Bonchev–Trinajstić information content (AvgIpc) is 2.13. The third-order valence-corrected chi connectivity index (χ3v) is 2.51. The number of hydrogen-bond donors (Lipinski definition) is 2. The summed E-state index contributed by atoms with van der Waals surface area (Å²) in [6.07, 6.45) is 1.93. The molecule has 16 heavy (non-hydrogen) atoms. The van der Waals surface area contributed by atoms with E-state index in [-0.39, 0.29) is 0 Å². The minimum atomic E-state index is -0.396. The Balaban J connectivity index is 3.90. The zero-order chi connectivity index (χ0) is 12.6. The van der Waals surface area contributed by atoms with E-state index in [1.807, 2.05) is 0 Å². The van der Waals surface area contributed by atoms with Gasteiger partial charge in [-0.25, -0.2) is 0 Å². The van der Waals surface area contributed by atoms with E-state index in [4.69, 9.17) is 4.74 Å². The lowest BCUT2D eigenvalue weighted by Gasteiger charge is -2.23. The molecule has 0 aliphatic heterocycles. The minimum absolute atomic E-state index is 0.396. The topological polar surface area (TPSA) is 41.5 Å². The molecule has 0 aliphatic rings. The summed E-state index contributed by atoms with van der Waals surface area (Å²) in [5.74, 6) is 1.38. The van der Waals surface area contributed by atoms with Crippen molar-refractivity contribution in [3.05, 3.63) is 0 Å². The lowest BCUT2D eigenvalue weighted by Crippen LogP contribution is -2.38. The van der Waals surface area contributed by atoms with Crippen LogP contribution in [0.5, 0.6) is 0 Å². The van der Waals surface area contributed by atoms with Crippen LogP contribution in [0.3, 0.4) is 0 Å². The number of nitrogens with one attached hydrogen (secondary N) is 1. The molecule has 0 fully saturated rings. The molecule has 0 aromatic heterocycles. The monoisotopic (exact) mass is 231 g/mol. The molecule has 0 saturated carbocycles. The maximum absolute atomic E-state index is 9.58. The van der Waals surface area contributed by atoms with Crippen LogP contribution in [0.1, 0.15) is 40.5 Å². The first-order valence-electron chi connectivity index (χ1n) is 6.36. The molecule has 0 aromatic rings. The second-order valence-corrected chi connectivity index (χ2v) is 5.47. The van der Waals surface area contributed by atoms with Gasteiger partial charge in [0.05, 0.1) is 12.7 Å². The van der Waals surface area contributed by atoms with Crippen LogP contribution in [0.2, 0.25) is 0 Å². The Morgan fingerprint density at radius 2 is 1.56 bits per heavy atom. The summed E-state index contributed by atoms with van der Waals surface area (Å²) in [4.78, 5) is 0. The van der Waals surface area contributed by atoms with Gasteiger partial charge in [0.15, 0.2) is 0 Å². The highest BCUT2D eigenvalue weighted by Gasteiger charge is 2.14. The van der Waals surface area contributed by atoms with Gasteiger partial charge >= 0.3 is 0 Å². The fraction of sp³-hybridized carbons (Fsp3) is 1.00. The first-order valence-corrected chi connectivity index (χ1v) is 6.36. The zero-order valence-electron chi connectivity index (χ0n) is 11.5. The molecule has 1 atom stereocenters. The van der Waals surface area contributed by atoms with Gasteiger partial charge in [0.25, 0.3) is 0 Å². The molecule has 0 radical (unpaired) electrons. The highest BCUT2D eigenvalue weighted by molar-refractivity contribution is 4.72. The van der Waals surface area contributed by atoms with Crippen LogP contribution in [-0.4, -0.2) is 37.5 Å². The van der Waals surface area contributed by atoms with Gasteiger partial charge in [0.1, 0.15) is 0 Å². The van der Waals surface area contributed by atoms with E-state index in [0.717, 1.165) is 12.8 Å². The zero-order valence-corrected chi connectivity index (χ0v) is 11.5. The molecule has 0 amide bonds. The van der Waals surface area contributed by atoms with Crippen molar-refractivity contribution in [2.75, 3.05) is 20.3 Å². The molecule has 98 valence electrons. The van der Waals surface area contributed by atoms with Crippen LogP contribution in [0.4, 0.5) is 0 Å². The molecule has 0 rings (SSSR count). The molecular formula is C13H29NO2. The van der Waals surface area contributed by atoms with Crippen molar-refractivity contribution < 1.29 is 9.84 Å². The summed E-state index contributed by atoms with van der Waals surface area (Å²) in [6.45, 7) is 9.98. The largest absolute Gasteiger partial charge is 0.389 e. The van der Waals surface area contributed by atoms with Gasteiger partial charge in [-0.2, -0.15) is 0 Å². The van der Waals surface area contributed by atoms with Crippen molar-refractivity contribution in [2.45, 2.75) is 52.7 Å². The Labute approximate surface area is 101 Å². The Bertz CT molecular complexity index is 150. The minimum Gasteiger partial charge on any atom is -0.389 e. The summed E-state index contributed by atoms with van der Waals surface area (Å²) < 4.78 is 4.91. The Hall–Kier alpha value is -0.120. The normalized spacial score (nSPS) is 14.1. The van der Waals surface area contributed by atoms with Crippen molar-refractivity contribution in [1.29, 1.82) is 0 Å². The molecule has 1 unspecified atom stereocenters. The number of methoxy groups -OCH3 is 1. The van der Waals surface area contributed by atoms with E-state index in [1.165, 1.54) is 0 Å². The quantitative estimate of drug-likeness (QED) is 0.638. The smallest absolute Gasteiger partial charge is 0.0897 e. The van der Waals surface area contributed by atoms with E-state index in [9.17, 15) is 5.11 Å². The van der Waals surface area contributed by atoms with Gasteiger partial charge in [0, 0.05) is 19.7 Å². The van der Waals surface area contributed by atoms with Crippen molar-refractivity contribution in [3.8, 4) is 0 Å². The lowest BCUT2D eigenvalue weighted by atomic mass is 9.95. The van der Waals surface area contributed by atoms with Crippen LogP contribution in [0.25, 0.3) is 0 Å². The van der Waals surface area contributed by atoms with E-state index in [2.05, 4.69) is 33.0 Å². The third kappa shape index (κ3) is 9.13. The molecule has 3 nitrogen and oxygen atoms in total. The van der Waals surface area contributed by atoms with Crippen LogP contribution in [0, 0.1) is 11.8 Å². The maximum Gasteiger partial charge on any atom is 0.0897 e. The predicted octanol–water partition coefficient (Wildman–Crippen LogP) is 2.04. The Morgan fingerprint density at radius 3 is 1.94 bits per heavy atom. The summed E-state index contributed by atoms with van der Waals surface area (Å²) >= 11 is 0.